The minimum absolute atomic E-state index is 0.0800. The number of benzene rings is 2. The van der Waals surface area contributed by atoms with Crippen molar-refractivity contribution >= 4 is 50.9 Å². The van der Waals surface area contributed by atoms with E-state index in [4.69, 9.17) is 16.7 Å². The lowest BCUT2D eigenvalue weighted by Crippen LogP contribution is -2.34. The zero-order valence-electron chi connectivity index (χ0n) is 20.2. The van der Waals surface area contributed by atoms with Crippen LogP contribution in [0, 0.1) is 6.92 Å². The van der Waals surface area contributed by atoms with Crippen molar-refractivity contribution in [2.45, 2.75) is 24.5 Å². The molecule has 0 radical (unpaired) electrons. The highest BCUT2D eigenvalue weighted by Gasteiger charge is 2.31. The summed E-state index contributed by atoms with van der Waals surface area (Å²) in [6.45, 7) is 0.0959. The third kappa shape index (κ3) is 7.15. The number of carbonyl (C=O) groups excluding carboxylic acids is 2. The molecule has 4 N–H and O–H groups in total. The molecule has 0 aliphatic carbocycles. The van der Waals surface area contributed by atoms with Crippen LogP contribution in [0.1, 0.15) is 21.6 Å². The summed E-state index contributed by atoms with van der Waals surface area (Å²) in [6, 6.07) is 7.71. The predicted octanol–water partition coefficient (Wildman–Crippen LogP) is 2.48. The van der Waals surface area contributed by atoms with Gasteiger partial charge in [0.1, 0.15) is 13.1 Å². The van der Waals surface area contributed by atoms with E-state index in [9.17, 15) is 40.8 Å². The van der Waals surface area contributed by atoms with E-state index in [1.165, 1.54) is 31.2 Å². The number of alkyl halides is 3. The van der Waals surface area contributed by atoms with Gasteiger partial charge in [-0.05, 0) is 43.3 Å². The van der Waals surface area contributed by atoms with E-state index in [-0.39, 0.29) is 22.1 Å². The van der Waals surface area contributed by atoms with E-state index in [0.717, 1.165) is 4.57 Å². The number of anilines is 2. The average molecular weight is 602 g/mol. The Hall–Kier alpha value is -4.44. The Labute approximate surface area is 228 Å². The van der Waals surface area contributed by atoms with E-state index in [2.05, 4.69) is 15.6 Å². The van der Waals surface area contributed by atoms with Gasteiger partial charge in [0.05, 0.1) is 27.4 Å². The van der Waals surface area contributed by atoms with Crippen molar-refractivity contribution in [2.24, 2.45) is 0 Å². The molecule has 0 aliphatic heterocycles. The van der Waals surface area contributed by atoms with Crippen molar-refractivity contribution in [3.63, 3.8) is 0 Å². The number of hydrogen-bond acceptors (Lipinski definition) is 8. The summed E-state index contributed by atoms with van der Waals surface area (Å²) in [7, 11) is -4.59. The lowest BCUT2D eigenvalue weighted by atomic mass is 10.1. The molecule has 3 rings (SSSR count). The summed E-state index contributed by atoms with van der Waals surface area (Å²) in [5.41, 5.74) is -2.32. The van der Waals surface area contributed by atoms with Gasteiger partial charge in [0.25, 0.3) is 21.5 Å². The predicted molar refractivity (Wildman–Crippen MR) is 136 cm³/mol. The largest absolute Gasteiger partial charge is 0.480 e. The molecule has 12 nitrogen and oxygen atoms in total. The van der Waals surface area contributed by atoms with Crippen LogP contribution in [0.15, 0.2) is 58.2 Å². The first kappa shape index (κ1) is 30.1. The van der Waals surface area contributed by atoms with Crippen molar-refractivity contribution in [3.05, 3.63) is 80.9 Å². The summed E-state index contributed by atoms with van der Waals surface area (Å²) < 4.78 is 66.1. The van der Waals surface area contributed by atoms with Crippen LogP contribution in [0.2, 0.25) is 5.15 Å². The second-order valence-electron chi connectivity index (χ2n) is 8.03. The van der Waals surface area contributed by atoms with Gasteiger partial charge in [-0.3, -0.25) is 23.7 Å². The van der Waals surface area contributed by atoms with Crippen molar-refractivity contribution in [3.8, 4) is 0 Å². The number of halogens is 4. The number of aliphatic carboxylic acids is 1. The van der Waals surface area contributed by atoms with Gasteiger partial charge in [-0.2, -0.15) is 13.2 Å². The lowest BCUT2D eigenvalue weighted by Gasteiger charge is -2.15. The molecule has 0 aliphatic rings. The summed E-state index contributed by atoms with van der Waals surface area (Å²) in [5.74, 6) is -3.74. The number of carboxylic acid groups (broad SMARTS) is 1. The fourth-order valence-electron chi connectivity index (χ4n) is 3.27. The Morgan fingerprint density at radius 1 is 1.07 bits per heavy atom. The monoisotopic (exact) mass is 601 g/mol. The average Bonchev–Trinajstić information content (AvgIpc) is 2.87. The number of para-hydroxylation sites is 1. The zero-order chi connectivity index (χ0) is 29.8. The van der Waals surface area contributed by atoms with Gasteiger partial charge in [0.15, 0.2) is 11.0 Å². The molecule has 1 heterocycles. The maximum atomic E-state index is 12.8. The summed E-state index contributed by atoms with van der Waals surface area (Å²) in [4.78, 5) is 52.2. The highest BCUT2D eigenvalue weighted by molar-refractivity contribution is 7.90. The Kier molecular flexibility index (Phi) is 8.84. The van der Waals surface area contributed by atoms with E-state index < -0.39 is 68.9 Å². The summed E-state index contributed by atoms with van der Waals surface area (Å²) in [6.07, 6.45) is -4.69. The highest BCUT2D eigenvalue weighted by atomic mass is 35.5. The number of nitrogens with one attached hydrogen (secondary N) is 3. The number of sulfonamides is 1. The normalized spacial score (nSPS) is 11.5. The molecule has 0 fully saturated rings. The Morgan fingerprint density at radius 3 is 2.30 bits per heavy atom. The van der Waals surface area contributed by atoms with Gasteiger partial charge in [0, 0.05) is 0 Å². The van der Waals surface area contributed by atoms with Crippen LogP contribution in [-0.2, 0) is 32.3 Å². The Balaban J connectivity index is 1.81. The van der Waals surface area contributed by atoms with Crippen LogP contribution in [-0.4, -0.2) is 47.4 Å². The molecule has 0 bridgehead atoms. The third-order valence-corrected chi connectivity index (χ3v) is 6.94. The lowest BCUT2D eigenvalue weighted by molar-refractivity contribution is -0.137. The molecule has 0 saturated carbocycles. The molecule has 0 atom stereocenters. The number of amides is 2. The molecule has 17 heteroatoms. The molecular weight excluding hydrogens is 583 g/mol. The molecule has 1 aromatic heterocycles. The number of nitrogens with zero attached hydrogens (tertiary/aromatic N) is 2. The van der Waals surface area contributed by atoms with Crippen molar-refractivity contribution in [2.75, 3.05) is 17.2 Å². The summed E-state index contributed by atoms with van der Waals surface area (Å²) >= 11 is 6.00. The van der Waals surface area contributed by atoms with E-state index in [1.807, 2.05) is 0 Å². The zero-order valence-corrected chi connectivity index (χ0v) is 21.8. The van der Waals surface area contributed by atoms with Crippen molar-refractivity contribution in [1.29, 1.82) is 0 Å². The van der Waals surface area contributed by atoms with Crippen LogP contribution in [0.5, 0.6) is 0 Å². The van der Waals surface area contributed by atoms with Crippen molar-refractivity contribution < 1.29 is 41.1 Å². The summed E-state index contributed by atoms with van der Waals surface area (Å²) in [5, 5.41) is 13.3. The minimum atomic E-state index is -4.69. The highest BCUT2D eigenvalue weighted by Crippen LogP contribution is 2.29. The van der Waals surface area contributed by atoms with E-state index >= 15 is 0 Å². The van der Waals surface area contributed by atoms with Crippen molar-refractivity contribution in [1.82, 2.24) is 14.3 Å². The van der Waals surface area contributed by atoms with Gasteiger partial charge < -0.3 is 15.7 Å². The fraction of sp³-hybridized carbons (Fsp3) is 0.174. The smallest absolute Gasteiger partial charge is 0.416 e. The van der Waals surface area contributed by atoms with Gasteiger partial charge in [-0.15, -0.1) is 0 Å². The molecule has 3 aromatic rings. The standard InChI is InChI=1S/C23H19ClF3N5O7S/c1-12-19(24)30-20(28-10-18(34)35)22(37)32(12)11-17(33)29-16-5-3-2-4-15(16)21(36)31-40(38,39)14-8-6-13(7-9-14)23(25,26)27/h2-9H,10-11H2,1H3,(H,28,30)(H,29,33)(H,31,36)(H,34,35). The fourth-order valence-corrected chi connectivity index (χ4v) is 4.42. The van der Waals surface area contributed by atoms with Gasteiger partial charge >= 0.3 is 12.1 Å². The van der Waals surface area contributed by atoms with Crippen LogP contribution < -0.4 is 20.9 Å². The Bertz CT molecular complexity index is 1640. The first-order valence-electron chi connectivity index (χ1n) is 11.0. The Morgan fingerprint density at radius 2 is 1.70 bits per heavy atom. The molecule has 2 aromatic carbocycles. The molecule has 0 spiro atoms. The number of hydrogen-bond donors (Lipinski definition) is 4. The molecule has 0 saturated heterocycles. The number of carboxylic acids is 1. The second kappa shape index (κ2) is 11.7. The van der Waals surface area contributed by atoms with Gasteiger partial charge in [0.2, 0.25) is 5.91 Å². The molecule has 212 valence electrons. The first-order valence-corrected chi connectivity index (χ1v) is 12.8. The van der Waals surface area contributed by atoms with Crippen LogP contribution in [0.3, 0.4) is 0 Å². The second-order valence-corrected chi connectivity index (χ2v) is 10.1. The number of carbonyl (C=O) groups is 3. The maximum Gasteiger partial charge on any atom is 0.416 e. The molecule has 40 heavy (non-hydrogen) atoms. The van der Waals surface area contributed by atoms with Gasteiger partial charge in [-0.1, -0.05) is 23.7 Å². The molecule has 0 unspecified atom stereocenters. The topological polar surface area (TPSA) is 177 Å². The first-order chi connectivity index (χ1) is 18.6. The van der Waals surface area contributed by atoms with Crippen LogP contribution in [0.25, 0.3) is 0 Å². The van der Waals surface area contributed by atoms with E-state index in [1.54, 1.807) is 4.72 Å². The van der Waals surface area contributed by atoms with Crippen LogP contribution in [0.4, 0.5) is 24.7 Å². The number of rotatable bonds is 9. The maximum absolute atomic E-state index is 12.8. The number of aromatic nitrogens is 2. The van der Waals surface area contributed by atoms with Gasteiger partial charge in [-0.25, -0.2) is 18.1 Å². The van der Waals surface area contributed by atoms with E-state index in [0.29, 0.717) is 24.3 Å². The third-order valence-electron chi connectivity index (χ3n) is 5.23. The van der Waals surface area contributed by atoms with Crippen LogP contribution >= 0.6 is 11.6 Å². The molecular formula is C23H19ClF3N5O7S. The minimum Gasteiger partial charge on any atom is -0.480 e. The SMILES string of the molecule is Cc1c(Cl)nc(NCC(=O)O)c(=O)n1CC(=O)Nc1ccccc1C(=O)NS(=O)(=O)c1ccc(C(F)(F)F)cc1. The quantitative estimate of drug-likeness (QED) is 0.287. The molecule has 2 amide bonds.